The van der Waals surface area contributed by atoms with E-state index < -0.39 is 0 Å². The fourth-order valence-electron chi connectivity index (χ4n) is 3.63. The summed E-state index contributed by atoms with van der Waals surface area (Å²) in [4.78, 5) is 14.7. The van der Waals surface area contributed by atoms with Crippen molar-refractivity contribution in [3.63, 3.8) is 0 Å². The SMILES string of the molecule is COc1ccc(/C=C2\NC(=S)N([C@H](C)c3ccccc3)C2=O)cc1COc1ccccc1. The molecule has 1 atom stereocenters. The summed E-state index contributed by atoms with van der Waals surface area (Å²) >= 11 is 5.46. The van der Waals surface area contributed by atoms with Gasteiger partial charge < -0.3 is 14.8 Å². The molecule has 162 valence electrons. The second kappa shape index (κ2) is 9.66. The van der Waals surface area contributed by atoms with Crippen LogP contribution in [0.3, 0.4) is 0 Å². The van der Waals surface area contributed by atoms with E-state index in [9.17, 15) is 4.79 Å². The highest BCUT2D eigenvalue weighted by Crippen LogP contribution is 2.28. The highest BCUT2D eigenvalue weighted by Gasteiger charge is 2.34. The molecular formula is C26H24N2O3S. The molecule has 6 heteroatoms. The maximum absolute atomic E-state index is 13.1. The summed E-state index contributed by atoms with van der Waals surface area (Å²) in [6, 6.07) is 25.0. The molecule has 3 aromatic rings. The quantitative estimate of drug-likeness (QED) is 0.406. The molecule has 0 aliphatic carbocycles. The Morgan fingerprint density at radius 3 is 2.41 bits per heavy atom. The molecule has 5 nitrogen and oxygen atoms in total. The fourth-order valence-corrected chi connectivity index (χ4v) is 3.98. The maximum Gasteiger partial charge on any atom is 0.277 e. The highest BCUT2D eigenvalue weighted by atomic mass is 32.1. The Morgan fingerprint density at radius 2 is 1.72 bits per heavy atom. The summed E-state index contributed by atoms with van der Waals surface area (Å²) in [6.07, 6.45) is 1.80. The molecule has 0 aromatic heterocycles. The van der Waals surface area contributed by atoms with Crippen molar-refractivity contribution >= 4 is 29.3 Å². The zero-order valence-corrected chi connectivity index (χ0v) is 18.8. The monoisotopic (exact) mass is 444 g/mol. The summed E-state index contributed by atoms with van der Waals surface area (Å²) in [6.45, 7) is 2.32. The van der Waals surface area contributed by atoms with Gasteiger partial charge in [-0.05, 0) is 60.6 Å². The molecule has 1 fully saturated rings. The number of benzene rings is 3. The lowest BCUT2D eigenvalue weighted by Crippen LogP contribution is -2.33. The summed E-state index contributed by atoms with van der Waals surface area (Å²) in [5.41, 5.74) is 3.20. The molecule has 1 heterocycles. The van der Waals surface area contributed by atoms with Crippen LogP contribution in [-0.2, 0) is 11.4 Å². The van der Waals surface area contributed by atoms with E-state index in [1.807, 2.05) is 85.8 Å². The van der Waals surface area contributed by atoms with Crippen molar-refractivity contribution in [2.24, 2.45) is 0 Å². The smallest absolute Gasteiger partial charge is 0.277 e. The zero-order valence-electron chi connectivity index (χ0n) is 17.9. The second-order valence-electron chi connectivity index (χ2n) is 7.42. The lowest BCUT2D eigenvalue weighted by atomic mass is 10.1. The first-order valence-electron chi connectivity index (χ1n) is 10.3. The van der Waals surface area contributed by atoms with E-state index in [0.29, 0.717) is 17.4 Å². The van der Waals surface area contributed by atoms with Crippen molar-refractivity contribution in [2.75, 3.05) is 7.11 Å². The Kier molecular flexibility index (Phi) is 6.52. The van der Waals surface area contributed by atoms with Gasteiger partial charge in [0.15, 0.2) is 5.11 Å². The van der Waals surface area contributed by atoms with Crippen LogP contribution in [0.5, 0.6) is 11.5 Å². The van der Waals surface area contributed by atoms with Crippen molar-refractivity contribution in [1.29, 1.82) is 0 Å². The molecule has 1 aliphatic rings. The van der Waals surface area contributed by atoms with Gasteiger partial charge in [-0.1, -0.05) is 54.6 Å². The average Bonchev–Trinajstić information content (AvgIpc) is 3.11. The summed E-state index contributed by atoms with van der Waals surface area (Å²) in [5, 5.41) is 3.47. The van der Waals surface area contributed by atoms with Gasteiger partial charge in [-0.3, -0.25) is 9.69 Å². The van der Waals surface area contributed by atoms with Crippen LogP contribution in [0.4, 0.5) is 0 Å². The number of nitrogens with zero attached hydrogens (tertiary/aromatic N) is 1. The number of rotatable bonds is 7. The van der Waals surface area contributed by atoms with Crippen LogP contribution in [0.2, 0.25) is 0 Å². The largest absolute Gasteiger partial charge is 0.496 e. The average molecular weight is 445 g/mol. The van der Waals surface area contributed by atoms with Crippen molar-refractivity contribution in [3.05, 3.63) is 101 Å². The van der Waals surface area contributed by atoms with Gasteiger partial charge in [0.25, 0.3) is 5.91 Å². The predicted molar refractivity (Wildman–Crippen MR) is 129 cm³/mol. The number of hydrogen-bond acceptors (Lipinski definition) is 4. The van der Waals surface area contributed by atoms with E-state index in [0.717, 1.165) is 28.2 Å². The van der Waals surface area contributed by atoms with E-state index in [2.05, 4.69) is 5.32 Å². The van der Waals surface area contributed by atoms with E-state index in [1.165, 1.54) is 0 Å². The third-order valence-corrected chi connectivity index (χ3v) is 5.63. The Hall–Kier alpha value is -3.64. The number of carbonyl (C=O) groups excluding carboxylic acids is 1. The second-order valence-corrected chi connectivity index (χ2v) is 7.81. The lowest BCUT2D eigenvalue weighted by molar-refractivity contribution is -0.123. The number of carbonyl (C=O) groups is 1. The van der Waals surface area contributed by atoms with Gasteiger partial charge in [0.1, 0.15) is 23.8 Å². The number of para-hydroxylation sites is 1. The minimum Gasteiger partial charge on any atom is -0.496 e. The number of thiocarbonyl (C=S) groups is 1. The minimum atomic E-state index is -0.166. The van der Waals surface area contributed by atoms with E-state index in [-0.39, 0.29) is 11.9 Å². The molecule has 1 amide bonds. The van der Waals surface area contributed by atoms with Crippen molar-refractivity contribution in [2.45, 2.75) is 19.6 Å². The van der Waals surface area contributed by atoms with E-state index >= 15 is 0 Å². The summed E-state index contributed by atoms with van der Waals surface area (Å²) in [5.74, 6) is 1.36. The third-order valence-electron chi connectivity index (χ3n) is 5.33. The molecule has 32 heavy (non-hydrogen) atoms. The van der Waals surface area contributed by atoms with Gasteiger partial charge in [-0.25, -0.2) is 0 Å². The number of nitrogens with one attached hydrogen (secondary N) is 1. The lowest BCUT2D eigenvalue weighted by Gasteiger charge is -2.23. The first kappa shape index (κ1) is 21.6. The van der Waals surface area contributed by atoms with Gasteiger partial charge in [0.05, 0.1) is 13.2 Å². The van der Waals surface area contributed by atoms with E-state index in [1.54, 1.807) is 18.1 Å². The van der Waals surface area contributed by atoms with Gasteiger partial charge in [0, 0.05) is 5.56 Å². The molecule has 0 bridgehead atoms. The summed E-state index contributed by atoms with van der Waals surface area (Å²) in [7, 11) is 1.63. The molecule has 0 unspecified atom stereocenters. The van der Waals surface area contributed by atoms with Crippen molar-refractivity contribution < 1.29 is 14.3 Å². The van der Waals surface area contributed by atoms with Crippen LogP contribution in [0, 0.1) is 0 Å². The predicted octanol–water partition coefficient (Wildman–Crippen LogP) is 5.09. The van der Waals surface area contributed by atoms with Crippen LogP contribution in [0.15, 0.2) is 84.6 Å². The Balaban J connectivity index is 1.55. The van der Waals surface area contributed by atoms with Crippen LogP contribution >= 0.6 is 12.2 Å². The Labute approximate surface area is 193 Å². The van der Waals surface area contributed by atoms with Gasteiger partial charge in [-0.2, -0.15) is 0 Å². The van der Waals surface area contributed by atoms with Crippen LogP contribution in [0.25, 0.3) is 6.08 Å². The fraction of sp³-hybridized carbons (Fsp3) is 0.154. The topological polar surface area (TPSA) is 50.8 Å². The molecule has 4 rings (SSSR count). The molecule has 0 saturated carbocycles. The van der Waals surface area contributed by atoms with Crippen LogP contribution in [0.1, 0.15) is 29.7 Å². The minimum absolute atomic E-state index is 0.149. The first-order chi connectivity index (χ1) is 15.6. The van der Waals surface area contributed by atoms with E-state index in [4.69, 9.17) is 21.7 Å². The van der Waals surface area contributed by atoms with Gasteiger partial charge >= 0.3 is 0 Å². The third kappa shape index (κ3) is 4.65. The number of hydrogen-bond donors (Lipinski definition) is 1. The molecular weight excluding hydrogens is 420 g/mol. The molecule has 1 N–H and O–H groups in total. The molecule has 1 aliphatic heterocycles. The molecule has 3 aromatic carbocycles. The van der Waals surface area contributed by atoms with Crippen LogP contribution in [-0.4, -0.2) is 23.0 Å². The number of methoxy groups -OCH3 is 1. The number of amides is 1. The standard InChI is InChI=1S/C26H24N2O3S/c1-18(20-9-5-3-6-10-20)28-25(29)23(27-26(28)32)16-19-13-14-24(30-2)21(15-19)17-31-22-11-7-4-8-12-22/h3-16,18H,17H2,1-2H3,(H,27,32)/b23-16-/t18-/m1/s1. The Bertz CT molecular complexity index is 1150. The van der Waals surface area contributed by atoms with Gasteiger partial charge in [-0.15, -0.1) is 0 Å². The summed E-state index contributed by atoms with van der Waals surface area (Å²) < 4.78 is 11.4. The van der Waals surface area contributed by atoms with Crippen molar-refractivity contribution in [1.82, 2.24) is 10.2 Å². The number of ether oxygens (including phenoxy) is 2. The van der Waals surface area contributed by atoms with Crippen LogP contribution < -0.4 is 14.8 Å². The Morgan fingerprint density at radius 1 is 1.03 bits per heavy atom. The first-order valence-corrected chi connectivity index (χ1v) is 10.7. The van der Waals surface area contributed by atoms with Crippen molar-refractivity contribution in [3.8, 4) is 11.5 Å². The maximum atomic E-state index is 13.1. The zero-order chi connectivity index (χ0) is 22.5. The molecule has 0 spiro atoms. The molecule has 1 saturated heterocycles. The highest BCUT2D eigenvalue weighted by molar-refractivity contribution is 7.80. The normalized spacial score (nSPS) is 15.6. The van der Waals surface area contributed by atoms with Gasteiger partial charge in [0.2, 0.25) is 0 Å². The molecule has 0 radical (unpaired) electrons.